The molecule has 0 aromatic rings. The lowest BCUT2D eigenvalue weighted by Crippen LogP contribution is -2.66. The molecule has 6 unspecified atom stereocenters. The Hall–Kier alpha value is -0.640. The van der Waals surface area contributed by atoms with Crippen molar-refractivity contribution in [1.82, 2.24) is 0 Å². The van der Waals surface area contributed by atoms with Gasteiger partial charge in [0.1, 0.15) is 73.2 Å². The van der Waals surface area contributed by atoms with Gasteiger partial charge in [-0.25, -0.2) is 0 Å². The first-order valence-corrected chi connectivity index (χ1v) is 12.1. The summed E-state index contributed by atoms with van der Waals surface area (Å²) in [7, 11) is 0. The average Bonchev–Trinajstić information content (AvgIpc) is 2.90. The highest BCUT2D eigenvalue weighted by Gasteiger charge is 2.53. The molecule has 0 aromatic carbocycles. The maximum absolute atomic E-state index is 10.7. The molecule has 3 fully saturated rings. The van der Waals surface area contributed by atoms with Crippen LogP contribution in [-0.2, 0) is 28.4 Å². The molecule has 0 aliphatic carbocycles. The van der Waals surface area contributed by atoms with Gasteiger partial charge in [-0.1, -0.05) is 6.92 Å². The van der Waals surface area contributed by atoms with Crippen molar-refractivity contribution in [3.8, 4) is 0 Å². The zero-order valence-corrected chi connectivity index (χ0v) is 20.1. The van der Waals surface area contributed by atoms with Crippen molar-refractivity contribution < 1.29 is 79.5 Å². The highest BCUT2D eigenvalue weighted by molar-refractivity contribution is 4.96. The number of rotatable bonds is 10. The Balaban J connectivity index is 1.70. The van der Waals surface area contributed by atoms with E-state index in [1.54, 1.807) is 0 Å². The Kier molecular flexibility index (Phi) is 11.4. The fourth-order valence-corrected chi connectivity index (χ4v) is 4.42. The smallest absolute Gasteiger partial charge is 0.187 e. The Morgan fingerprint density at radius 3 is 1.38 bits per heavy atom. The first-order valence-electron chi connectivity index (χ1n) is 12.1. The minimum Gasteiger partial charge on any atom is -0.394 e. The predicted molar refractivity (Wildman–Crippen MR) is 115 cm³/mol. The van der Waals surface area contributed by atoms with Crippen molar-refractivity contribution in [2.75, 3.05) is 26.4 Å². The number of hydrogen-bond donors (Lipinski definition) is 10. The van der Waals surface area contributed by atoms with Gasteiger partial charge in [-0.2, -0.15) is 0 Å². The number of hydrogen-bond acceptors (Lipinski definition) is 16. The topological polar surface area (TPSA) is 258 Å². The van der Waals surface area contributed by atoms with Gasteiger partial charge in [-0.15, -0.1) is 0 Å². The second-order valence-corrected chi connectivity index (χ2v) is 9.18. The van der Waals surface area contributed by atoms with E-state index in [0.717, 1.165) is 0 Å². The molecule has 37 heavy (non-hydrogen) atoms. The van der Waals surface area contributed by atoms with Crippen LogP contribution in [0.5, 0.6) is 0 Å². The third kappa shape index (κ3) is 6.58. The molecule has 0 aromatic heterocycles. The number of ether oxygens (including phenoxy) is 6. The van der Waals surface area contributed by atoms with Crippen LogP contribution in [0.4, 0.5) is 0 Å². The van der Waals surface area contributed by atoms with E-state index in [0.29, 0.717) is 6.42 Å². The predicted octanol–water partition coefficient (Wildman–Crippen LogP) is -6.14. The molecule has 15 atom stereocenters. The molecule has 3 aliphatic rings. The van der Waals surface area contributed by atoms with Crippen molar-refractivity contribution in [3.63, 3.8) is 0 Å². The first-order chi connectivity index (χ1) is 17.6. The highest BCUT2D eigenvalue weighted by Crippen LogP contribution is 2.32. The van der Waals surface area contributed by atoms with Crippen LogP contribution in [0.15, 0.2) is 0 Å². The summed E-state index contributed by atoms with van der Waals surface area (Å²) in [6, 6.07) is 0. The van der Waals surface area contributed by atoms with Gasteiger partial charge in [0.05, 0.1) is 19.8 Å². The van der Waals surface area contributed by atoms with E-state index >= 15 is 0 Å². The second-order valence-electron chi connectivity index (χ2n) is 9.18. The summed E-state index contributed by atoms with van der Waals surface area (Å²) >= 11 is 0. The molecule has 16 nitrogen and oxygen atoms in total. The molecule has 0 amide bonds. The normalized spacial score (nSPS) is 49.2. The van der Waals surface area contributed by atoms with Crippen LogP contribution >= 0.6 is 0 Å². The monoisotopic (exact) mass is 546 g/mol. The second kappa shape index (κ2) is 13.6. The number of aliphatic hydroxyl groups is 10. The highest BCUT2D eigenvalue weighted by atomic mass is 16.8. The Morgan fingerprint density at radius 2 is 0.919 bits per heavy atom. The summed E-state index contributed by atoms with van der Waals surface area (Å²) in [6.07, 6.45) is -23.2. The quantitative estimate of drug-likeness (QED) is 0.122. The molecule has 10 N–H and O–H groups in total. The van der Waals surface area contributed by atoms with Crippen molar-refractivity contribution in [1.29, 1.82) is 0 Å². The van der Waals surface area contributed by atoms with E-state index in [-0.39, 0.29) is 6.61 Å². The van der Waals surface area contributed by atoms with Gasteiger partial charge in [0, 0.05) is 6.61 Å². The Bertz CT molecular complexity index is 681. The standard InChI is InChI=1S/C21H38O16/c1-2-3-32-19-15(30)12(27)17(8(5-23)34-19)37-21-16(31)13(28)18(9(6-24)35-21)36-20-14(29)11(26)10(25)7(4-22)33-20/h7-31H,2-6H2,1H3/t7?,8?,9?,10-,11-,12+,13+,14?,15?,16?,17-,18-,19+,20-,21-/m0/s1. The molecule has 3 aliphatic heterocycles. The van der Waals surface area contributed by atoms with Gasteiger partial charge in [-0.05, 0) is 6.42 Å². The van der Waals surface area contributed by atoms with Crippen LogP contribution in [-0.4, -0.2) is 170 Å². The van der Waals surface area contributed by atoms with Gasteiger partial charge in [0.15, 0.2) is 18.9 Å². The summed E-state index contributed by atoms with van der Waals surface area (Å²) in [6.45, 7) is -0.167. The van der Waals surface area contributed by atoms with Crippen LogP contribution in [0.2, 0.25) is 0 Å². The molecule has 3 saturated heterocycles. The molecule has 0 bridgehead atoms. The molecular weight excluding hydrogens is 508 g/mol. The van der Waals surface area contributed by atoms with Crippen LogP contribution < -0.4 is 0 Å². The summed E-state index contributed by atoms with van der Waals surface area (Å²) < 4.78 is 32.6. The lowest BCUT2D eigenvalue weighted by atomic mass is 9.96. The lowest BCUT2D eigenvalue weighted by Gasteiger charge is -2.48. The fourth-order valence-electron chi connectivity index (χ4n) is 4.42. The molecule has 0 spiro atoms. The first kappa shape index (κ1) is 30.9. The zero-order valence-electron chi connectivity index (χ0n) is 20.1. The molecule has 3 rings (SSSR count). The molecule has 0 saturated carbocycles. The van der Waals surface area contributed by atoms with E-state index < -0.39 is 112 Å². The SMILES string of the molecule is CCCO[C@@H]1OC(CO)[C@H](O[C@@H]2OC(CO)[C@H](O[C@@H]3OC(CO)[C@H](O)[C@H](O)C3O)[C@H](O)C2O)[C@H](O)C1O. The summed E-state index contributed by atoms with van der Waals surface area (Å²) in [5, 5.41) is 101. The van der Waals surface area contributed by atoms with Gasteiger partial charge < -0.3 is 79.5 Å². The molecule has 3 heterocycles. The van der Waals surface area contributed by atoms with Crippen molar-refractivity contribution in [3.05, 3.63) is 0 Å². The van der Waals surface area contributed by atoms with E-state index in [1.165, 1.54) is 0 Å². The summed E-state index contributed by atoms with van der Waals surface area (Å²) in [4.78, 5) is 0. The van der Waals surface area contributed by atoms with E-state index in [2.05, 4.69) is 0 Å². The van der Waals surface area contributed by atoms with E-state index in [9.17, 15) is 51.1 Å². The van der Waals surface area contributed by atoms with E-state index in [4.69, 9.17) is 28.4 Å². The summed E-state index contributed by atoms with van der Waals surface area (Å²) in [5.74, 6) is 0. The van der Waals surface area contributed by atoms with Crippen LogP contribution in [0.1, 0.15) is 13.3 Å². The Labute approximate surface area is 212 Å². The molecule has 16 heteroatoms. The van der Waals surface area contributed by atoms with Crippen molar-refractivity contribution in [2.45, 2.75) is 105 Å². The van der Waals surface area contributed by atoms with Crippen LogP contribution in [0.3, 0.4) is 0 Å². The van der Waals surface area contributed by atoms with Gasteiger partial charge >= 0.3 is 0 Å². The van der Waals surface area contributed by atoms with Crippen LogP contribution in [0.25, 0.3) is 0 Å². The summed E-state index contributed by atoms with van der Waals surface area (Å²) in [5.41, 5.74) is 0. The van der Waals surface area contributed by atoms with Crippen molar-refractivity contribution in [2.24, 2.45) is 0 Å². The van der Waals surface area contributed by atoms with E-state index in [1.807, 2.05) is 6.92 Å². The fraction of sp³-hybridized carbons (Fsp3) is 1.00. The van der Waals surface area contributed by atoms with Crippen LogP contribution in [0, 0.1) is 0 Å². The third-order valence-corrected chi connectivity index (χ3v) is 6.56. The van der Waals surface area contributed by atoms with Gasteiger partial charge in [-0.3, -0.25) is 0 Å². The Morgan fingerprint density at radius 1 is 0.514 bits per heavy atom. The third-order valence-electron chi connectivity index (χ3n) is 6.56. The molecule has 218 valence electrons. The maximum atomic E-state index is 10.7. The molecular formula is C21H38O16. The molecule has 0 radical (unpaired) electrons. The zero-order chi connectivity index (χ0) is 27.4. The minimum absolute atomic E-state index is 0.211. The van der Waals surface area contributed by atoms with Gasteiger partial charge in [0.2, 0.25) is 0 Å². The largest absolute Gasteiger partial charge is 0.394 e. The minimum atomic E-state index is -1.88. The lowest BCUT2D eigenvalue weighted by molar-refractivity contribution is -0.379. The van der Waals surface area contributed by atoms with Gasteiger partial charge in [0.25, 0.3) is 0 Å². The van der Waals surface area contributed by atoms with Crippen molar-refractivity contribution >= 4 is 0 Å². The maximum Gasteiger partial charge on any atom is 0.187 e. The average molecular weight is 547 g/mol. The number of aliphatic hydroxyl groups excluding tert-OH is 10.